The number of carbonyl (C=O) groups is 2. The van der Waals surface area contributed by atoms with Crippen molar-refractivity contribution < 1.29 is 14.3 Å². The van der Waals surface area contributed by atoms with E-state index in [1.807, 2.05) is 54.6 Å². The van der Waals surface area contributed by atoms with Crippen molar-refractivity contribution in [1.29, 1.82) is 0 Å². The van der Waals surface area contributed by atoms with Crippen molar-refractivity contribution >= 4 is 17.5 Å². The molecular formula is C25H32N2O3. The van der Waals surface area contributed by atoms with Crippen LogP contribution in [0.2, 0.25) is 0 Å². The van der Waals surface area contributed by atoms with E-state index in [2.05, 4.69) is 24.5 Å². The Kier molecular flexibility index (Phi) is 7.89. The molecule has 5 heteroatoms. The molecule has 30 heavy (non-hydrogen) atoms. The first-order valence-corrected chi connectivity index (χ1v) is 10.9. The quantitative estimate of drug-likeness (QED) is 0.651. The predicted molar refractivity (Wildman–Crippen MR) is 119 cm³/mol. The Hall–Kier alpha value is -2.82. The van der Waals surface area contributed by atoms with Crippen LogP contribution < -0.4 is 15.4 Å². The number of benzene rings is 2. The van der Waals surface area contributed by atoms with E-state index in [1.54, 1.807) is 0 Å². The number of ether oxygens (including phenoxy) is 1. The average Bonchev–Trinajstić information content (AvgIpc) is 2.76. The van der Waals surface area contributed by atoms with E-state index in [-0.39, 0.29) is 30.7 Å². The van der Waals surface area contributed by atoms with Gasteiger partial charge in [-0.15, -0.1) is 0 Å². The molecule has 1 aliphatic rings. The molecule has 0 aromatic heterocycles. The van der Waals surface area contributed by atoms with E-state index in [0.717, 1.165) is 24.2 Å². The summed E-state index contributed by atoms with van der Waals surface area (Å²) >= 11 is 0. The molecule has 2 N–H and O–H groups in total. The van der Waals surface area contributed by atoms with Gasteiger partial charge in [0.2, 0.25) is 11.8 Å². The summed E-state index contributed by atoms with van der Waals surface area (Å²) in [5.41, 5.74) is 1.80. The highest BCUT2D eigenvalue weighted by Crippen LogP contribution is 2.29. The standard InChI is InChI=1S/C25H32N2O3/c1-18-7-6-10-23(19(18)2)27-25(29)16-15-24(28)26-21-11-13-22(14-12-21)30-17-20-8-4-3-5-9-20/h3-5,8-9,11-14,18-19,23H,6-7,10,15-17H2,1-2H3,(H,26,28)(H,27,29)/t18-,19+,23+/m0/s1. The first-order chi connectivity index (χ1) is 14.5. The van der Waals surface area contributed by atoms with Crippen molar-refractivity contribution in [1.82, 2.24) is 5.32 Å². The van der Waals surface area contributed by atoms with E-state index >= 15 is 0 Å². The minimum Gasteiger partial charge on any atom is -0.489 e. The van der Waals surface area contributed by atoms with Gasteiger partial charge >= 0.3 is 0 Å². The van der Waals surface area contributed by atoms with Crippen molar-refractivity contribution in [3.63, 3.8) is 0 Å². The fourth-order valence-corrected chi connectivity index (χ4v) is 3.89. The summed E-state index contributed by atoms with van der Waals surface area (Å²) in [5, 5.41) is 5.96. The van der Waals surface area contributed by atoms with Crippen LogP contribution in [0.25, 0.3) is 0 Å². The number of hydrogen-bond donors (Lipinski definition) is 2. The minimum absolute atomic E-state index is 0.0410. The lowest BCUT2D eigenvalue weighted by Gasteiger charge is -2.34. The van der Waals surface area contributed by atoms with Crippen LogP contribution in [-0.4, -0.2) is 17.9 Å². The molecule has 0 bridgehead atoms. The van der Waals surface area contributed by atoms with E-state index in [9.17, 15) is 9.59 Å². The van der Waals surface area contributed by atoms with Crippen LogP contribution in [0.15, 0.2) is 54.6 Å². The van der Waals surface area contributed by atoms with Gasteiger partial charge in [-0.05, 0) is 48.1 Å². The van der Waals surface area contributed by atoms with Gasteiger partial charge in [-0.2, -0.15) is 0 Å². The molecule has 2 amide bonds. The summed E-state index contributed by atoms with van der Waals surface area (Å²) in [4.78, 5) is 24.4. The molecule has 0 saturated heterocycles. The molecule has 2 aromatic rings. The molecule has 1 fully saturated rings. The lowest BCUT2D eigenvalue weighted by molar-refractivity contribution is -0.125. The summed E-state index contributed by atoms with van der Waals surface area (Å²) in [6, 6.07) is 17.5. The number of hydrogen-bond acceptors (Lipinski definition) is 3. The van der Waals surface area contributed by atoms with Gasteiger partial charge in [-0.3, -0.25) is 9.59 Å². The molecule has 0 unspecified atom stereocenters. The average molecular weight is 409 g/mol. The normalized spacial score (nSPS) is 20.9. The SMILES string of the molecule is C[C@@H]1[C@@H](C)CCC[C@H]1NC(=O)CCC(=O)Nc1ccc(OCc2ccccc2)cc1. The predicted octanol–water partition coefficient (Wildman–Crippen LogP) is 4.93. The van der Waals surface area contributed by atoms with Gasteiger partial charge in [0.05, 0.1) is 0 Å². The zero-order valence-electron chi connectivity index (χ0n) is 17.9. The fourth-order valence-electron chi connectivity index (χ4n) is 3.89. The molecule has 2 aromatic carbocycles. The van der Waals surface area contributed by atoms with Crippen molar-refractivity contribution in [2.45, 2.75) is 58.6 Å². The maximum Gasteiger partial charge on any atom is 0.224 e. The highest BCUT2D eigenvalue weighted by atomic mass is 16.5. The Labute approximate surface area is 179 Å². The number of carbonyl (C=O) groups excluding carboxylic acids is 2. The summed E-state index contributed by atoms with van der Waals surface area (Å²) in [7, 11) is 0. The van der Waals surface area contributed by atoms with Gasteiger partial charge in [0.25, 0.3) is 0 Å². The molecule has 0 heterocycles. The largest absolute Gasteiger partial charge is 0.489 e. The lowest BCUT2D eigenvalue weighted by Crippen LogP contribution is -2.43. The summed E-state index contributed by atoms with van der Waals surface area (Å²) in [6.45, 7) is 4.95. The second-order valence-electron chi connectivity index (χ2n) is 8.29. The Morgan fingerprint density at radius 3 is 2.37 bits per heavy atom. The van der Waals surface area contributed by atoms with Crippen LogP contribution in [-0.2, 0) is 16.2 Å². The van der Waals surface area contributed by atoms with Gasteiger partial charge in [-0.1, -0.05) is 57.0 Å². The van der Waals surface area contributed by atoms with Gasteiger partial charge in [0.15, 0.2) is 0 Å². The third-order valence-corrected chi connectivity index (χ3v) is 6.02. The third kappa shape index (κ3) is 6.61. The zero-order chi connectivity index (χ0) is 21.3. The highest BCUT2D eigenvalue weighted by Gasteiger charge is 2.28. The van der Waals surface area contributed by atoms with E-state index in [1.165, 1.54) is 6.42 Å². The summed E-state index contributed by atoms with van der Waals surface area (Å²) in [6.07, 6.45) is 3.80. The van der Waals surface area contributed by atoms with Gasteiger partial charge in [0.1, 0.15) is 12.4 Å². The Morgan fingerprint density at radius 1 is 0.933 bits per heavy atom. The molecule has 3 rings (SSSR count). The maximum absolute atomic E-state index is 12.2. The minimum atomic E-state index is -0.159. The van der Waals surface area contributed by atoms with Crippen LogP contribution in [0.3, 0.4) is 0 Å². The molecule has 0 spiro atoms. The molecule has 0 radical (unpaired) electrons. The molecule has 1 saturated carbocycles. The Balaban J connectivity index is 1.38. The number of nitrogens with one attached hydrogen (secondary N) is 2. The van der Waals surface area contributed by atoms with Crippen molar-refractivity contribution in [2.24, 2.45) is 11.8 Å². The first kappa shape index (κ1) is 21.9. The molecule has 0 aliphatic heterocycles. The van der Waals surface area contributed by atoms with Gasteiger partial charge in [-0.25, -0.2) is 0 Å². The number of amides is 2. The first-order valence-electron chi connectivity index (χ1n) is 10.9. The smallest absolute Gasteiger partial charge is 0.224 e. The molecule has 3 atom stereocenters. The van der Waals surface area contributed by atoms with E-state index < -0.39 is 0 Å². The maximum atomic E-state index is 12.2. The second-order valence-corrected chi connectivity index (χ2v) is 8.29. The monoisotopic (exact) mass is 408 g/mol. The third-order valence-electron chi connectivity index (χ3n) is 6.02. The van der Waals surface area contributed by atoms with Gasteiger partial charge < -0.3 is 15.4 Å². The Bertz CT molecular complexity index is 820. The fraction of sp³-hybridized carbons (Fsp3) is 0.440. The van der Waals surface area contributed by atoms with Crippen LogP contribution in [0.5, 0.6) is 5.75 Å². The van der Waals surface area contributed by atoms with Crippen molar-refractivity contribution in [3.8, 4) is 5.75 Å². The van der Waals surface area contributed by atoms with Crippen LogP contribution in [0.4, 0.5) is 5.69 Å². The molecule has 1 aliphatic carbocycles. The van der Waals surface area contributed by atoms with Crippen LogP contribution >= 0.6 is 0 Å². The zero-order valence-corrected chi connectivity index (χ0v) is 17.9. The molecule has 5 nitrogen and oxygen atoms in total. The van der Waals surface area contributed by atoms with E-state index in [4.69, 9.17) is 4.74 Å². The lowest BCUT2D eigenvalue weighted by atomic mass is 9.78. The number of anilines is 1. The van der Waals surface area contributed by atoms with Crippen molar-refractivity contribution in [3.05, 3.63) is 60.2 Å². The molecule has 160 valence electrons. The van der Waals surface area contributed by atoms with Crippen LogP contribution in [0, 0.1) is 11.8 Å². The summed E-state index contributed by atoms with van der Waals surface area (Å²) in [5.74, 6) is 1.66. The topological polar surface area (TPSA) is 67.4 Å². The van der Waals surface area contributed by atoms with Gasteiger partial charge in [0, 0.05) is 24.6 Å². The summed E-state index contributed by atoms with van der Waals surface area (Å²) < 4.78 is 5.75. The highest BCUT2D eigenvalue weighted by molar-refractivity contribution is 5.93. The second kappa shape index (κ2) is 10.8. The van der Waals surface area contributed by atoms with Crippen molar-refractivity contribution in [2.75, 3.05) is 5.32 Å². The van der Waals surface area contributed by atoms with E-state index in [0.29, 0.717) is 24.1 Å². The molecular weight excluding hydrogens is 376 g/mol. The Morgan fingerprint density at radius 2 is 1.63 bits per heavy atom. The number of rotatable bonds is 8. The van der Waals surface area contributed by atoms with Crippen LogP contribution in [0.1, 0.15) is 51.5 Å².